The number of aromatic carboxylic acids is 1. The number of nitrogens with one attached hydrogen (secondary N) is 1. The summed E-state index contributed by atoms with van der Waals surface area (Å²) in [5, 5.41) is 12.9. The predicted molar refractivity (Wildman–Crippen MR) is 103 cm³/mol. The zero-order valence-corrected chi connectivity index (χ0v) is 16.6. The van der Waals surface area contributed by atoms with E-state index in [9.17, 15) is 14.7 Å². The van der Waals surface area contributed by atoms with E-state index in [1.54, 1.807) is 6.92 Å². The Bertz CT molecular complexity index is 855. The highest BCUT2D eigenvalue weighted by atomic mass is 32.1. The van der Waals surface area contributed by atoms with Crippen LogP contribution in [0.4, 0.5) is 0 Å². The van der Waals surface area contributed by atoms with Crippen LogP contribution in [0.25, 0.3) is 0 Å². The van der Waals surface area contributed by atoms with Crippen molar-refractivity contribution >= 4 is 23.2 Å². The molecule has 6 nitrogen and oxygen atoms in total. The number of thiazole rings is 1. The summed E-state index contributed by atoms with van der Waals surface area (Å²) >= 11 is 1.11. The van der Waals surface area contributed by atoms with Crippen LogP contribution >= 0.6 is 11.3 Å². The van der Waals surface area contributed by atoms with Gasteiger partial charge in [0.1, 0.15) is 9.88 Å². The number of hydrogen-bond acceptors (Lipinski definition) is 5. The molecular formula is C20H24N2O4S. The predicted octanol–water partition coefficient (Wildman–Crippen LogP) is 3.38. The number of ether oxygens (including phenoxy) is 1. The first-order chi connectivity index (χ1) is 12.8. The third kappa shape index (κ3) is 3.75. The highest BCUT2D eigenvalue weighted by Crippen LogP contribution is 2.37. The molecule has 1 aromatic carbocycles. The number of aromatic nitrogens is 1. The molecule has 27 heavy (non-hydrogen) atoms. The van der Waals surface area contributed by atoms with Gasteiger partial charge in [-0.2, -0.15) is 0 Å². The lowest BCUT2D eigenvalue weighted by Gasteiger charge is -2.38. The van der Waals surface area contributed by atoms with Gasteiger partial charge >= 0.3 is 5.97 Å². The van der Waals surface area contributed by atoms with Crippen LogP contribution in [0.3, 0.4) is 0 Å². The Hall–Kier alpha value is -2.25. The Morgan fingerprint density at radius 2 is 1.93 bits per heavy atom. The standard InChI is InChI=1S/C20H24N2O4S/c1-12-6-4-5-7-15(12)20(8-10-26-11-9-20)19(25)22-14(3)17-21-13(2)16(27-17)18(23)24/h4-7,14H,8-11H2,1-3H3,(H,22,25)(H,23,24). The minimum Gasteiger partial charge on any atom is -0.477 e. The highest BCUT2D eigenvalue weighted by molar-refractivity contribution is 7.13. The van der Waals surface area contributed by atoms with Crippen LogP contribution in [-0.2, 0) is 14.9 Å². The number of nitrogens with zero attached hydrogens (tertiary/aromatic N) is 1. The van der Waals surface area contributed by atoms with Gasteiger partial charge in [0.15, 0.2) is 0 Å². The first-order valence-corrected chi connectivity index (χ1v) is 9.82. The molecule has 1 fully saturated rings. The molecule has 2 aromatic rings. The number of rotatable bonds is 5. The maximum atomic E-state index is 13.4. The molecule has 0 spiro atoms. The van der Waals surface area contributed by atoms with Gasteiger partial charge in [0.05, 0.1) is 17.2 Å². The van der Waals surface area contributed by atoms with E-state index in [0.717, 1.165) is 22.5 Å². The van der Waals surface area contributed by atoms with Crippen LogP contribution in [0.1, 0.15) is 57.3 Å². The van der Waals surface area contributed by atoms with Gasteiger partial charge in [-0.15, -0.1) is 11.3 Å². The van der Waals surface area contributed by atoms with Gasteiger partial charge in [-0.05, 0) is 44.7 Å². The van der Waals surface area contributed by atoms with Crippen molar-refractivity contribution in [1.82, 2.24) is 10.3 Å². The van der Waals surface area contributed by atoms with Crippen molar-refractivity contribution < 1.29 is 19.4 Å². The monoisotopic (exact) mass is 388 g/mol. The van der Waals surface area contributed by atoms with E-state index >= 15 is 0 Å². The molecule has 1 aromatic heterocycles. The van der Waals surface area contributed by atoms with Crippen LogP contribution < -0.4 is 5.32 Å². The summed E-state index contributed by atoms with van der Waals surface area (Å²) in [6.07, 6.45) is 1.24. The van der Waals surface area contributed by atoms with E-state index in [1.165, 1.54) is 0 Å². The Morgan fingerprint density at radius 1 is 1.26 bits per heavy atom. The van der Waals surface area contributed by atoms with E-state index in [0.29, 0.717) is 36.8 Å². The molecule has 0 aliphatic carbocycles. The van der Waals surface area contributed by atoms with Gasteiger partial charge < -0.3 is 15.2 Å². The number of hydrogen-bond donors (Lipinski definition) is 2. The number of carbonyl (C=O) groups is 2. The maximum absolute atomic E-state index is 13.4. The lowest BCUT2D eigenvalue weighted by Crippen LogP contribution is -2.49. The van der Waals surface area contributed by atoms with Crippen LogP contribution in [0.5, 0.6) is 0 Å². The van der Waals surface area contributed by atoms with Crippen LogP contribution in [0.15, 0.2) is 24.3 Å². The molecule has 1 aliphatic heterocycles. The normalized spacial score (nSPS) is 17.3. The van der Waals surface area contributed by atoms with Crippen molar-refractivity contribution in [3.05, 3.63) is 51.0 Å². The van der Waals surface area contributed by atoms with Crippen molar-refractivity contribution in [1.29, 1.82) is 0 Å². The fraction of sp³-hybridized carbons (Fsp3) is 0.450. The topological polar surface area (TPSA) is 88.5 Å². The SMILES string of the molecule is Cc1ccccc1C1(C(=O)NC(C)c2nc(C)c(C(=O)O)s2)CCOCC1. The first-order valence-electron chi connectivity index (χ1n) is 9.00. The van der Waals surface area contributed by atoms with Crippen LogP contribution in [-0.4, -0.2) is 35.2 Å². The zero-order valence-electron chi connectivity index (χ0n) is 15.7. The van der Waals surface area contributed by atoms with Crippen molar-refractivity contribution in [3.63, 3.8) is 0 Å². The molecule has 0 bridgehead atoms. The number of carbonyl (C=O) groups excluding carboxylic acids is 1. The Kier molecular flexibility index (Phi) is 5.62. The zero-order chi connectivity index (χ0) is 19.6. The summed E-state index contributed by atoms with van der Waals surface area (Å²) in [6.45, 7) is 6.61. The van der Waals surface area contributed by atoms with Crippen molar-refractivity contribution in [2.24, 2.45) is 0 Å². The number of carboxylic acids is 1. The van der Waals surface area contributed by atoms with E-state index in [1.807, 2.05) is 38.1 Å². The van der Waals surface area contributed by atoms with E-state index < -0.39 is 11.4 Å². The number of aryl methyl sites for hydroxylation is 2. The van der Waals surface area contributed by atoms with Crippen molar-refractivity contribution in [2.75, 3.05) is 13.2 Å². The van der Waals surface area contributed by atoms with Gasteiger partial charge in [-0.1, -0.05) is 24.3 Å². The second kappa shape index (κ2) is 7.78. The van der Waals surface area contributed by atoms with E-state index in [-0.39, 0.29) is 16.8 Å². The molecule has 1 aliphatic rings. The smallest absolute Gasteiger partial charge is 0.347 e. The summed E-state index contributed by atoms with van der Waals surface area (Å²) in [5.74, 6) is -1.05. The number of carboxylic acid groups (broad SMARTS) is 1. The van der Waals surface area contributed by atoms with Gasteiger partial charge in [-0.3, -0.25) is 4.79 Å². The molecule has 2 N–H and O–H groups in total. The lowest BCUT2D eigenvalue weighted by atomic mass is 9.71. The molecule has 1 saturated heterocycles. The third-order valence-corrected chi connectivity index (χ3v) is 6.50. The Labute approximate surface area is 162 Å². The second-order valence-corrected chi connectivity index (χ2v) is 8.01. The van der Waals surface area contributed by atoms with Gasteiger partial charge in [0.25, 0.3) is 0 Å². The molecule has 7 heteroatoms. The average Bonchev–Trinajstić information content (AvgIpc) is 3.05. The molecule has 3 rings (SSSR count). The molecule has 1 amide bonds. The summed E-state index contributed by atoms with van der Waals surface area (Å²) in [7, 11) is 0. The summed E-state index contributed by atoms with van der Waals surface area (Å²) in [5.41, 5.74) is 1.95. The maximum Gasteiger partial charge on any atom is 0.347 e. The molecule has 1 unspecified atom stereocenters. The molecular weight excluding hydrogens is 364 g/mol. The molecule has 0 saturated carbocycles. The average molecular weight is 388 g/mol. The van der Waals surface area contributed by atoms with Crippen LogP contribution in [0.2, 0.25) is 0 Å². The summed E-state index contributed by atoms with van der Waals surface area (Å²) in [6, 6.07) is 7.60. The summed E-state index contributed by atoms with van der Waals surface area (Å²) in [4.78, 5) is 29.2. The number of amides is 1. The first kappa shape index (κ1) is 19.5. The molecule has 1 atom stereocenters. The molecule has 144 valence electrons. The van der Waals surface area contributed by atoms with E-state index in [2.05, 4.69) is 10.3 Å². The fourth-order valence-corrected chi connectivity index (χ4v) is 4.55. The number of benzene rings is 1. The van der Waals surface area contributed by atoms with Crippen molar-refractivity contribution in [3.8, 4) is 0 Å². The Morgan fingerprint density at radius 3 is 2.52 bits per heavy atom. The second-order valence-electron chi connectivity index (χ2n) is 6.98. The van der Waals surface area contributed by atoms with Gasteiger partial charge in [-0.25, -0.2) is 9.78 Å². The van der Waals surface area contributed by atoms with Crippen LogP contribution in [0, 0.1) is 13.8 Å². The quantitative estimate of drug-likeness (QED) is 0.820. The largest absolute Gasteiger partial charge is 0.477 e. The van der Waals surface area contributed by atoms with Gasteiger partial charge in [0.2, 0.25) is 5.91 Å². The highest BCUT2D eigenvalue weighted by Gasteiger charge is 2.43. The van der Waals surface area contributed by atoms with Crippen molar-refractivity contribution in [2.45, 2.75) is 45.1 Å². The molecule has 0 radical (unpaired) electrons. The fourth-order valence-electron chi connectivity index (χ4n) is 3.65. The molecule has 2 heterocycles. The van der Waals surface area contributed by atoms with Gasteiger partial charge in [0, 0.05) is 13.2 Å². The Balaban J connectivity index is 1.88. The van der Waals surface area contributed by atoms with E-state index in [4.69, 9.17) is 4.74 Å². The minimum absolute atomic E-state index is 0.0580. The minimum atomic E-state index is -0.990. The lowest BCUT2D eigenvalue weighted by molar-refractivity contribution is -0.131. The summed E-state index contributed by atoms with van der Waals surface area (Å²) < 4.78 is 5.52. The third-order valence-electron chi connectivity index (χ3n) is 5.17.